The van der Waals surface area contributed by atoms with E-state index in [9.17, 15) is 18.7 Å². The molecule has 0 amide bonds. The predicted molar refractivity (Wildman–Crippen MR) is 136 cm³/mol. The van der Waals surface area contributed by atoms with Gasteiger partial charge in [0, 0.05) is 17.5 Å². The number of methoxy groups -OCH3 is 1. The highest BCUT2D eigenvalue weighted by atomic mass is 19.1. The van der Waals surface area contributed by atoms with Gasteiger partial charge < -0.3 is 25.4 Å². The lowest BCUT2D eigenvalue weighted by Gasteiger charge is -2.27. The lowest BCUT2D eigenvalue weighted by atomic mass is 9.87. The highest BCUT2D eigenvalue weighted by molar-refractivity contribution is 5.96. The largest absolute Gasteiger partial charge is 0.493 e. The fraction of sp³-hybridized carbons (Fsp3) is 0.357. The molecule has 0 aliphatic rings. The molecule has 2 unspecified atom stereocenters. The molecule has 2 aromatic carbocycles. The van der Waals surface area contributed by atoms with Gasteiger partial charge >= 0.3 is 0 Å². The van der Waals surface area contributed by atoms with Crippen molar-refractivity contribution in [3.63, 3.8) is 0 Å². The van der Waals surface area contributed by atoms with Crippen LogP contribution in [0.4, 0.5) is 8.78 Å². The average molecular weight is 515 g/mol. The number of ketones is 1. The SMILES string of the molecule is COc1cc(C(=O)CCC(C)(O)c2cc(C(C)(N)CF)cc(-c3ccc(F)cc3)n2)ccc1OCCO. The van der Waals surface area contributed by atoms with Crippen molar-refractivity contribution in [3.8, 4) is 22.8 Å². The third-order valence-corrected chi connectivity index (χ3v) is 6.13. The summed E-state index contributed by atoms with van der Waals surface area (Å²) < 4.78 is 37.9. The highest BCUT2D eigenvalue weighted by Crippen LogP contribution is 2.33. The van der Waals surface area contributed by atoms with Crippen LogP contribution in [0.5, 0.6) is 11.5 Å². The van der Waals surface area contributed by atoms with E-state index in [1.54, 1.807) is 18.2 Å². The summed E-state index contributed by atoms with van der Waals surface area (Å²) in [5, 5.41) is 20.3. The summed E-state index contributed by atoms with van der Waals surface area (Å²) in [4.78, 5) is 17.5. The molecule has 0 aliphatic heterocycles. The first kappa shape index (κ1) is 28.2. The molecule has 3 aromatic rings. The third kappa shape index (κ3) is 6.88. The number of ether oxygens (including phenoxy) is 2. The van der Waals surface area contributed by atoms with Gasteiger partial charge in [-0.25, -0.2) is 13.8 Å². The minimum atomic E-state index is -1.55. The number of benzene rings is 2. The number of nitrogens with two attached hydrogens (primary N) is 1. The average Bonchev–Trinajstić information content (AvgIpc) is 2.90. The lowest BCUT2D eigenvalue weighted by Crippen LogP contribution is -2.36. The van der Waals surface area contributed by atoms with E-state index in [2.05, 4.69) is 4.98 Å². The summed E-state index contributed by atoms with van der Waals surface area (Å²) >= 11 is 0. The van der Waals surface area contributed by atoms with Crippen molar-refractivity contribution in [1.29, 1.82) is 0 Å². The van der Waals surface area contributed by atoms with Crippen LogP contribution in [0.25, 0.3) is 11.3 Å². The molecule has 4 N–H and O–H groups in total. The molecule has 0 bridgehead atoms. The Kier molecular flexibility index (Phi) is 8.96. The van der Waals surface area contributed by atoms with Crippen molar-refractivity contribution in [2.45, 2.75) is 37.8 Å². The summed E-state index contributed by atoms with van der Waals surface area (Å²) in [6.07, 6.45) is 0.000918. The Balaban J connectivity index is 1.88. The van der Waals surface area contributed by atoms with Crippen LogP contribution in [0.3, 0.4) is 0 Å². The third-order valence-electron chi connectivity index (χ3n) is 6.13. The molecule has 3 rings (SSSR count). The Bertz CT molecular complexity index is 1230. The second-order valence-corrected chi connectivity index (χ2v) is 9.32. The first-order valence-corrected chi connectivity index (χ1v) is 11.8. The van der Waals surface area contributed by atoms with Gasteiger partial charge in [0.05, 0.1) is 30.6 Å². The fourth-order valence-corrected chi connectivity index (χ4v) is 3.73. The van der Waals surface area contributed by atoms with Crippen molar-refractivity contribution >= 4 is 5.78 Å². The van der Waals surface area contributed by atoms with Crippen LogP contribution in [0.2, 0.25) is 0 Å². The quantitative estimate of drug-likeness (QED) is 0.309. The first-order chi connectivity index (χ1) is 17.5. The van der Waals surface area contributed by atoms with Gasteiger partial charge in [-0.05, 0) is 80.4 Å². The van der Waals surface area contributed by atoms with Gasteiger partial charge in [-0.15, -0.1) is 0 Å². The molecule has 37 heavy (non-hydrogen) atoms. The van der Waals surface area contributed by atoms with Crippen molar-refractivity contribution in [1.82, 2.24) is 4.98 Å². The molecule has 1 aromatic heterocycles. The number of halogens is 2. The normalized spacial score (nSPS) is 14.5. The second-order valence-electron chi connectivity index (χ2n) is 9.32. The van der Waals surface area contributed by atoms with Crippen molar-refractivity contribution in [2.24, 2.45) is 5.73 Å². The number of aromatic nitrogens is 1. The maximum absolute atomic E-state index is 13.7. The summed E-state index contributed by atoms with van der Waals surface area (Å²) in [5.41, 5.74) is 5.22. The molecule has 2 atom stereocenters. The van der Waals surface area contributed by atoms with Gasteiger partial charge in [-0.2, -0.15) is 0 Å². The zero-order chi connectivity index (χ0) is 27.2. The maximum Gasteiger partial charge on any atom is 0.163 e. The lowest BCUT2D eigenvalue weighted by molar-refractivity contribution is 0.0396. The standard InChI is InChI=1S/C28H32F2N2O5/c1-27(31,17-29)20-15-22(18-4-7-21(30)8-5-18)32-26(16-20)28(2,35)11-10-23(34)19-6-9-24(37-13-12-33)25(14-19)36-3/h4-9,14-16,33,35H,10-13,17,31H2,1-3H3. The predicted octanol–water partition coefficient (Wildman–Crippen LogP) is 4.28. The molecule has 198 valence electrons. The Labute approximate surface area is 214 Å². The van der Waals surface area contributed by atoms with Crippen LogP contribution in [-0.4, -0.2) is 48.0 Å². The number of nitrogens with zero attached hydrogens (tertiary/aromatic N) is 1. The van der Waals surface area contributed by atoms with E-state index >= 15 is 0 Å². The molecule has 0 fully saturated rings. The van der Waals surface area contributed by atoms with Gasteiger partial charge in [0.15, 0.2) is 17.3 Å². The van der Waals surface area contributed by atoms with Crippen LogP contribution in [0, 0.1) is 5.82 Å². The Morgan fingerprint density at radius 2 is 1.78 bits per heavy atom. The zero-order valence-electron chi connectivity index (χ0n) is 21.1. The van der Waals surface area contributed by atoms with E-state index < -0.39 is 23.6 Å². The van der Waals surface area contributed by atoms with Crippen LogP contribution < -0.4 is 15.2 Å². The van der Waals surface area contributed by atoms with Gasteiger partial charge in [0.25, 0.3) is 0 Å². The van der Waals surface area contributed by atoms with Gasteiger partial charge in [-0.3, -0.25) is 4.79 Å². The Hall–Kier alpha value is -3.40. The van der Waals surface area contributed by atoms with Gasteiger partial charge in [-0.1, -0.05) is 0 Å². The first-order valence-electron chi connectivity index (χ1n) is 11.8. The number of hydrogen-bond acceptors (Lipinski definition) is 7. The number of hydrogen-bond donors (Lipinski definition) is 3. The summed E-state index contributed by atoms with van der Waals surface area (Å²) in [6.45, 7) is 2.13. The van der Waals surface area contributed by atoms with E-state index in [0.717, 1.165) is 0 Å². The van der Waals surface area contributed by atoms with E-state index in [-0.39, 0.29) is 37.5 Å². The molecule has 9 heteroatoms. The van der Waals surface area contributed by atoms with Gasteiger partial charge in [0.2, 0.25) is 0 Å². The molecule has 0 aliphatic carbocycles. The number of aliphatic hydroxyl groups is 2. The maximum atomic E-state index is 13.7. The Morgan fingerprint density at radius 3 is 2.41 bits per heavy atom. The zero-order valence-corrected chi connectivity index (χ0v) is 21.1. The highest BCUT2D eigenvalue weighted by Gasteiger charge is 2.30. The smallest absolute Gasteiger partial charge is 0.163 e. The fourth-order valence-electron chi connectivity index (χ4n) is 3.73. The molecule has 7 nitrogen and oxygen atoms in total. The minimum absolute atomic E-state index is 0.0200. The monoisotopic (exact) mass is 514 g/mol. The molecule has 0 saturated heterocycles. The molecule has 0 spiro atoms. The van der Waals surface area contributed by atoms with Crippen molar-refractivity contribution in [3.05, 3.63) is 77.2 Å². The number of carbonyl (C=O) groups is 1. The van der Waals surface area contributed by atoms with Crippen LogP contribution in [-0.2, 0) is 11.1 Å². The number of alkyl halides is 1. The van der Waals surface area contributed by atoms with E-state index in [4.69, 9.17) is 20.3 Å². The van der Waals surface area contributed by atoms with Crippen molar-refractivity contribution in [2.75, 3.05) is 27.0 Å². The topological polar surface area (TPSA) is 115 Å². The number of carbonyl (C=O) groups excluding carboxylic acids is 1. The second kappa shape index (κ2) is 11.8. The minimum Gasteiger partial charge on any atom is -0.493 e. The molecule has 0 saturated carbocycles. The van der Waals surface area contributed by atoms with Gasteiger partial charge in [0.1, 0.15) is 24.7 Å². The van der Waals surface area contributed by atoms with E-state index in [1.807, 2.05) is 0 Å². The molecular weight excluding hydrogens is 482 g/mol. The molecular formula is C28H32F2N2O5. The number of pyridine rings is 1. The van der Waals surface area contributed by atoms with Crippen LogP contribution >= 0.6 is 0 Å². The van der Waals surface area contributed by atoms with E-state index in [1.165, 1.54) is 57.4 Å². The summed E-state index contributed by atoms with van der Waals surface area (Å²) in [5.74, 6) is 0.0854. The molecule has 1 heterocycles. The Morgan fingerprint density at radius 1 is 1.08 bits per heavy atom. The van der Waals surface area contributed by atoms with Crippen LogP contribution in [0.15, 0.2) is 54.6 Å². The van der Waals surface area contributed by atoms with Crippen molar-refractivity contribution < 1.29 is 33.3 Å². The van der Waals surface area contributed by atoms with Crippen LogP contribution in [0.1, 0.15) is 48.3 Å². The summed E-state index contributed by atoms with van der Waals surface area (Å²) in [6, 6.07) is 13.5. The molecule has 0 radical (unpaired) electrons. The number of aliphatic hydroxyl groups excluding tert-OH is 1. The number of Topliss-reactive ketones (excluding diaryl/α,β-unsaturated/α-hetero) is 1. The summed E-state index contributed by atoms with van der Waals surface area (Å²) in [7, 11) is 1.44. The number of rotatable bonds is 12. The van der Waals surface area contributed by atoms with E-state index in [0.29, 0.717) is 33.9 Å².